The normalized spacial score (nSPS) is 12.0. The van der Waals surface area contributed by atoms with Crippen molar-refractivity contribution < 1.29 is 18.3 Å². The molecular formula is C13H21ClN2O4S. The molecule has 0 aliphatic heterocycles. The molecule has 1 aromatic carbocycles. The molecule has 0 fully saturated rings. The summed E-state index contributed by atoms with van der Waals surface area (Å²) in [6, 6.07) is 4.21. The maximum absolute atomic E-state index is 12.1. The molecule has 8 heteroatoms. The minimum atomic E-state index is -3.62. The van der Waals surface area contributed by atoms with Crippen molar-refractivity contribution in [2.75, 3.05) is 40.4 Å². The lowest BCUT2D eigenvalue weighted by molar-refractivity contribution is 0.122. The largest absolute Gasteiger partial charge is 0.392 e. The Labute approximate surface area is 130 Å². The number of hydrogen-bond donors (Lipinski definition) is 2. The van der Waals surface area contributed by atoms with Crippen LogP contribution in [0.1, 0.15) is 5.56 Å². The average Bonchev–Trinajstić information content (AvgIpc) is 2.42. The first kappa shape index (κ1) is 18.3. The molecule has 21 heavy (non-hydrogen) atoms. The van der Waals surface area contributed by atoms with E-state index in [9.17, 15) is 8.42 Å². The first-order valence-electron chi connectivity index (χ1n) is 6.48. The highest BCUT2D eigenvalue weighted by Crippen LogP contribution is 2.20. The van der Waals surface area contributed by atoms with Crippen LogP contribution in [0.25, 0.3) is 0 Å². The molecule has 0 heterocycles. The van der Waals surface area contributed by atoms with E-state index in [4.69, 9.17) is 21.4 Å². The lowest BCUT2D eigenvalue weighted by Gasteiger charge is -2.11. The van der Waals surface area contributed by atoms with E-state index in [2.05, 4.69) is 4.72 Å². The summed E-state index contributed by atoms with van der Waals surface area (Å²) in [5.41, 5.74) is 0.377. The van der Waals surface area contributed by atoms with Crippen molar-refractivity contribution in [1.29, 1.82) is 0 Å². The Morgan fingerprint density at radius 2 is 2.05 bits per heavy atom. The standard InChI is InChI=1S/C13H21ClN2O4S/c1-16(2)6-8-20-7-5-15-21(18,19)12-3-4-13(14)11(9-12)10-17/h3-4,9,15,17H,5-8,10H2,1-2H3. The molecule has 0 saturated heterocycles. The molecule has 6 nitrogen and oxygen atoms in total. The minimum Gasteiger partial charge on any atom is -0.392 e. The zero-order valence-corrected chi connectivity index (χ0v) is 13.7. The summed E-state index contributed by atoms with van der Waals surface area (Å²) in [4.78, 5) is 2.05. The second kappa shape index (κ2) is 8.67. The molecular weight excluding hydrogens is 316 g/mol. The number of nitrogens with one attached hydrogen (secondary N) is 1. The van der Waals surface area contributed by atoms with Gasteiger partial charge in [0, 0.05) is 18.1 Å². The van der Waals surface area contributed by atoms with Crippen molar-refractivity contribution >= 4 is 21.6 Å². The number of halogens is 1. The third kappa shape index (κ3) is 6.29. The van der Waals surface area contributed by atoms with Gasteiger partial charge >= 0.3 is 0 Å². The smallest absolute Gasteiger partial charge is 0.240 e. The number of hydrogen-bond acceptors (Lipinski definition) is 5. The molecule has 1 rings (SSSR count). The third-order valence-electron chi connectivity index (χ3n) is 2.72. The summed E-state index contributed by atoms with van der Waals surface area (Å²) in [7, 11) is 0.248. The number of nitrogens with zero attached hydrogens (tertiary/aromatic N) is 1. The van der Waals surface area contributed by atoms with E-state index >= 15 is 0 Å². The molecule has 120 valence electrons. The van der Waals surface area contributed by atoms with Gasteiger partial charge in [-0.25, -0.2) is 13.1 Å². The number of likely N-dealkylation sites (N-methyl/N-ethyl adjacent to an activating group) is 1. The van der Waals surface area contributed by atoms with Gasteiger partial charge in [-0.05, 0) is 37.9 Å². The van der Waals surface area contributed by atoms with Crippen LogP contribution in [0, 0.1) is 0 Å². The van der Waals surface area contributed by atoms with E-state index in [1.165, 1.54) is 18.2 Å². The number of sulfonamides is 1. The van der Waals surface area contributed by atoms with Crippen LogP contribution in [-0.2, 0) is 21.4 Å². The van der Waals surface area contributed by atoms with E-state index in [0.717, 1.165) is 6.54 Å². The van der Waals surface area contributed by atoms with Gasteiger partial charge in [0.15, 0.2) is 0 Å². The van der Waals surface area contributed by atoms with Gasteiger partial charge in [-0.15, -0.1) is 0 Å². The topological polar surface area (TPSA) is 78.9 Å². The van der Waals surface area contributed by atoms with Gasteiger partial charge in [0.1, 0.15) is 0 Å². The van der Waals surface area contributed by atoms with E-state index in [1.54, 1.807) is 0 Å². The number of benzene rings is 1. The van der Waals surface area contributed by atoms with Crippen molar-refractivity contribution in [3.8, 4) is 0 Å². The Hall–Kier alpha value is -0.700. The Morgan fingerprint density at radius 1 is 1.33 bits per heavy atom. The maximum atomic E-state index is 12.1. The fourth-order valence-electron chi connectivity index (χ4n) is 1.52. The number of aliphatic hydroxyl groups excluding tert-OH is 1. The third-order valence-corrected chi connectivity index (χ3v) is 4.55. The molecule has 0 spiro atoms. The van der Waals surface area contributed by atoms with Gasteiger partial charge < -0.3 is 14.7 Å². The quantitative estimate of drug-likeness (QED) is 0.649. The highest BCUT2D eigenvalue weighted by molar-refractivity contribution is 7.89. The van der Waals surface area contributed by atoms with E-state index in [1.807, 2.05) is 19.0 Å². The number of aliphatic hydroxyl groups is 1. The first-order chi connectivity index (χ1) is 9.86. The van der Waals surface area contributed by atoms with Crippen LogP contribution in [0.15, 0.2) is 23.1 Å². The fourth-order valence-corrected chi connectivity index (χ4v) is 2.76. The number of ether oxygens (including phenoxy) is 1. The minimum absolute atomic E-state index is 0.0734. The fraction of sp³-hybridized carbons (Fsp3) is 0.538. The summed E-state index contributed by atoms with van der Waals surface area (Å²) in [5, 5.41) is 9.44. The lowest BCUT2D eigenvalue weighted by Crippen LogP contribution is -2.28. The number of rotatable bonds is 9. The van der Waals surface area contributed by atoms with Crippen molar-refractivity contribution in [3.05, 3.63) is 28.8 Å². The molecule has 1 aromatic rings. The molecule has 0 atom stereocenters. The van der Waals surface area contributed by atoms with Crippen LogP contribution in [0.5, 0.6) is 0 Å². The SMILES string of the molecule is CN(C)CCOCCNS(=O)(=O)c1ccc(Cl)c(CO)c1. The van der Waals surface area contributed by atoms with Gasteiger partial charge in [0.2, 0.25) is 10.0 Å². The molecule has 0 aliphatic rings. The molecule has 0 aliphatic carbocycles. The Bertz CT molecular complexity index is 549. The van der Waals surface area contributed by atoms with Gasteiger partial charge in [0.25, 0.3) is 0 Å². The Morgan fingerprint density at radius 3 is 2.67 bits per heavy atom. The zero-order valence-electron chi connectivity index (χ0n) is 12.2. The molecule has 0 amide bonds. The lowest BCUT2D eigenvalue weighted by atomic mass is 10.2. The van der Waals surface area contributed by atoms with Crippen molar-refractivity contribution in [2.45, 2.75) is 11.5 Å². The summed E-state index contributed by atoms with van der Waals surface area (Å²) in [6.45, 7) is 1.50. The predicted octanol–water partition coefficient (Wildman–Crippen LogP) is 0.689. The van der Waals surface area contributed by atoms with Crippen LogP contribution >= 0.6 is 11.6 Å². The zero-order chi connectivity index (χ0) is 15.9. The van der Waals surface area contributed by atoms with E-state index < -0.39 is 10.0 Å². The Kier molecular flexibility index (Phi) is 7.58. The predicted molar refractivity (Wildman–Crippen MR) is 81.9 cm³/mol. The van der Waals surface area contributed by atoms with Crippen LogP contribution in [0.3, 0.4) is 0 Å². The molecule has 0 unspecified atom stereocenters. The highest BCUT2D eigenvalue weighted by atomic mass is 35.5. The summed E-state index contributed by atoms with van der Waals surface area (Å²) in [6.07, 6.45) is 0. The maximum Gasteiger partial charge on any atom is 0.240 e. The van der Waals surface area contributed by atoms with Gasteiger partial charge in [-0.1, -0.05) is 11.6 Å². The van der Waals surface area contributed by atoms with Crippen LogP contribution in [0.4, 0.5) is 0 Å². The monoisotopic (exact) mass is 336 g/mol. The summed E-state index contributed by atoms with van der Waals surface area (Å²) < 4.78 is 31.9. The van der Waals surface area contributed by atoms with Gasteiger partial charge in [-0.2, -0.15) is 0 Å². The molecule has 0 bridgehead atoms. The second-order valence-electron chi connectivity index (χ2n) is 4.72. The average molecular weight is 337 g/mol. The molecule has 2 N–H and O–H groups in total. The highest BCUT2D eigenvalue weighted by Gasteiger charge is 2.15. The van der Waals surface area contributed by atoms with Gasteiger partial charge in [-0.3, -0.25) is 0 Å². The van der Waals surface area contributed by atoms with Crippen LogP contribution < -0.4 is 4.72 Å². The van der Waals surface area contributed by atoms with Crippen LogP contribution in [-0.4, -0.2) is 58.8 Å². The first-order valence-corrected chi connectivity index (χ1v) is 8.34. The summed E-state index contributed by atoms with van der Waals surface area (Å²) in [5.74, 6) is 0. The van der Waals surface area contributed by atoms with Crippen molar-refractivity contribution in [3.63, 3.8) is 0 Å². The van der Waals surface area contributed by atoms with Crippen LogP contribution in [0.2, 0.25) is 5.02 Å². The van der Waals surface area contributed by atoms with E-state index in [0.29, 0.717) is 23.8 Å². The van der Waals surface area contributed by atoms with Crippen molar-refractivity contribution in [2.24, 2.45) is 0 Å². The van der Waals surface area contributed by atoms with Gasteiger partial charge in [0.05, 0.1) is 24.7 Å². The molecule has 0 saturated carbocycles. The summed E-state index contributed by atoms with van der Waals surface area (Å²) >= 11 is 5.83. The molecule has 0 radical (unpaired) electrons. The van der Waals surface area contributed by atoms with Crippen molar-refractivity contribution in [1.82, 2.24) is 9.62 Å². The van der Waals surface area contributed by atoms with E-state index in [-0.39, 0.29) is 18.0 Å². The Balaban J connectivity index is 2.50. The molecule has 0 aromatic heterocycles. The second-order valence-corrected chi connectivity index (χ2v) is 6.90.